The Bertz CT molecular complexity index is 1520. The lowest BCUT2D eigenvalue weighted by atomic mass is 10.0. The number of benzene rings is 2. The van der Waals surface area contributed by atoms with E-state index in [4.69, 9.17) is 4.98 Å². The number of nitrogens with zero attached hydrogens (tertiary/aromatic N) is 7. The summed E-state index contributed by atoms with van der Waals surface area (Å²) in [5.74, 6) is 1.54. The minimum absolute atomic E-state index is 0.237. The largest absolute Gasteiger partial charge is 0.352 e. The summed E-state index contributed by atoms with van der Waals surface area (Å²) < 4.78 is 0. The van der Waals surface area contributed by atoms with Crippen molar-refractivity contribution in [1.29, 1.82) is 0 Å². The summed E-state index contributed by atoms with van der Waals surface area (Å²) in [6.07, 6.45) is 8.66. The van der Waals surface area contributed by atoms with Gasteiger partial charge in [-0.2, -0.15) is 0 Å². The fraction of sp³-hybridized carbons (Fsp3) is 0.143. The Balaban J connectivity index is 1.16. The minimum atomic E-state index is -0.237. The highest BCUT2D eigenvalue weighted by Crippen LogP contribution is 2.26. The van der Waals surface area contributed by atoms with Gasteiger partial charge in [0.2, 0.25) is 0 Å². The number of piperazine rings is 1. The molecule has 4 heterocycles. The van der Waals surface area contributed by atoms with E-state index >= 15 is 0 Å². The molecular weight excluding hydrogens is 464 g/mol. The first-order valence-electron chi connectivity index (χ1n) is 12.1. The average molecular weight is 489 g/mol. The number of fused-ring (bicyclic) bond motifs is 1. The maximum Gasteiger partial charge on any atom is 0.274 e. The molecule has 6 rings (SSSR count). The van der Waals surface area contributed by atoms with Crippen LogP contribution < -0.4 is 15.1 Å². The van der Waals surface area contributed by atoms with Crippen LogP contribution in [0.5, 0.6) is 0 Å². The fourth-order valence-corrected chi connectivity index (χ4v) is 4.39. The molecule has 1 amide bonds. The molecule has 1 fully saturated rings. The van der Waals surface area contributed by atoms with Gasteiger partial charge in [-0.25, -0.2) is 9.97 Å². The molecular formula is C28H24N8O. The highest BCUT2D eigenvalue weighted by molar-refractivity contribution is 6.02. The first-order valence-corrected chi connectivity index (χ1v) is 12.1. The molecule has 2 aromatic carbocycles. The molecule has 5 aromatic rings. The molecule has 182 valence electrons. The average Bonchev–Trinajstić information content (AvgIpc) is 2.98. The van der Waals surface area contributed by atoms with Gasteiger partial charge in [0.1, 0.15) is 17.3 Å². The molecule has 9 nitrogen and oxygen atoms in total. The van der Waals surface area contributed by atoms with Gasteiger partial charge in [-0.1, -0.05) is 24.3 Å². The van der Waals surface area contributed by atoms with Crippen LogP contribution in [0.15, 0.2) is 91.6 Å². The van der Waals surface area contributed by atoms with E-state index in [-0.39, 0.29) is 5.91 Å². The van der Waals surface area contributed by atoms with E-state index in [2.05, 4.69) is 41.1 Å². The lowest BCUT2D eigenvalue weighted by molar-refractivity contribution is 0.102. The van der Waals surface area contributed by atoms with Crippen LogP contribution in [0.25, 0.3) is 22.2 Å². The van der Waals surface area contributed by atoms with Crippen molar-refractivity contribution in [3.05, 3.63) is 97.3 Å². The Kier molecular flexibility index (Phi) is 6.08. The van der Waals surface area contributed by atoms with Crippen LogP contribution >= 0.6 is 0 Å². The predicted molar refractivity (Wildman–Crippen MR) is 144 cm³/mol. The van der Waals surface area contributed by atoms with Crippen LogP contribution in [-0.4, -0.2) is 57.0 Å². The van der Waals surface area contributed by atoms with Gasteiger partial charge in [-0.05, 0) is 47.5 Å². The molecule has 9 heteroatoms. The molecule has 0 radical (unpaired) electrons. The van der Waals surface area contributed by atoms with Crippen LogP contribution in [0.1, 0.15) is 10.5 Å². The molecule has 0 bridgehead atoms. The number of carbonyl (C=O) groups excluding carboxylic acids is 1. The summed E-state index contributed by atoms with van der Waals surface area (Å²) in [5, 5.41) is 2.88. The van der Waals surface area contributed by atoms with E-state index in [1.807, 2.05) is 42.6 Å². The molecule has 37 heavy (non-hydrogen) atoms. The highest BCUT2D eigenvalue weighted by atomic mass is 16.1. The number of amides is 1. The zero-order valence-corrected chi connectivity index (χ0v) is 20.0. The van der Waals surface area contributed by atoms with Gasteiger partial charge in [0, 0.05) is 50.5 Å². The van der Waals surface area contributed by atoms with Crippen molar-refractivity contribution in [2.45, 2.75) is 0 Å². The summed E-state index contributed by atoms with van der Waals surface area (Å²) in [6.45, 7) is 3.37. The lowest BCUT2D eigenvalue weighted by Crippen LogP contribution is -2.47. The highest BCUT2D eigenvalue weighted by Gasteiger charge is 2.20. The van der Waals surface area contributed by atoms with Gasteiger partial charge in [-0.15, -0.1) is 0 Å². The summed E-state index contributed by atoms with van der Waals surface area (Å²) in [5.41, 5.74) is 4.86. The van der Waals surface area contributed by atoms with Gasteiger partial charge in [0.25, 0.3) is 5.91 Å². The molecule has 0 spiro atoms. The van der Waals surface area contributed by atoms with E-state index < -0.39 is 0 Å². The van der Waals surface area contributed by atoms with Crippen LogP contribution in [0.4, 0.5) is 17.3 Å². The molecule has 0 atom stereocenters. The Morgan fingerprint density at radius 3 is 2.22 bits per heavy atom. The summed E-state index contributed by atoms with van der Waals surface area (Å²) >= 11 is 0. The first kappa shape index (κ1) is 22.5. The van der Waals surface area contributed by atoms with E-state index in [1.165, 1.54) is 0 Å². The number of anilines is 3. The summed E-state index contributed by atoms with van der Waals surface area (Å²) in [7, 11) is 0. The Hall–Kier alpha value is -4.92. The zero-order chi connectivity index (χ0) is 25.0. The second-order valence-electron chi connectivity index (χ2n) is 8.72. The number of rotatable bonds is 5. The smallest absolute Gasteiger partial charge is 0.274 e. The SMILES string of the molecule is O=C(Nc1ccc(-c2ccc3ncc(N4CCN(c5cnccn5)CC4)nc3c2)cc1)c1ccccn1. The van der Waals surface area contributed by atoms with E-state index in [9.17, 15) is 4.79 Å². The fourth-order valence-electron chi connectivity index (χ4n) is 4.39. The van der Waals surface area contributed by atoms with Gasteiger partial charge >= 0.3 is 0 Å². The third-order valence-electron chi connectivity index (χ3n) is 6.38. The summed E-state index contributed by atoms with van der Waals surface area (Å²) in [4.78, 5) is 39.1. The maximum absolute atomic E-state index is 12.4. The van der Waals surface area contributed by atoms with Crippen molar-refractivity contribution in [3.8, 4) is 11.1 Å². The normalized spacial score (nSPS) is 13.5. The second-order valence-corrected chi connectivity index (χ2v) is 8.72. The van der Waals surface area contributed by atoms with Crippen molar-refractivity contribution in [1.82, 2.24) is 24.9 Å². The third-order valence-corrected chi connectivity index (χ3v) is 6.38. The molecule has 0 unspecified atom stereocenters. The molecule has 0 saturated carbocycles. The first-order chi connectivity index (χ1) is 18.2. The number of aromatic nitrogens is 5. The molecule has 1 aliphatic heterocycles. The van der Waals surface area contributed by atoms with Gasteiger partial charge < -0.3 is 15.1 Å². The van der Waals surface area contributed by atoms with E-state index in [0.29, 0.717) is 11.4 Å². The molecule has 1 N–H and O–H groups in total. The van der Waals surface area contributed by atoms with Crippen molar-refractivity contribution in [3.63, 3.8) is 0 Å². The maximum atomic E-state index is 12.4. The van der Waals surface area contributed by atoms with Gasteiger partial charge in [0.05, 0.1) is 23.4 Å². The predicted octanol–water partition coefficient (Wildman–Crippen LogP) is 4.06. The van der Waals surface area contributed by atoms with Crippen molar-refractivity contribution in [2.24, 2.45) is 0 Å². The Morgan fingerprint density at radius 2 is 1.49 bits per heavy atom. The lowest BCUT2D eigenvalue weighted by Gasteiger charge is -2.35. The standard InChI is InChI=1S/C28H24N8O/c37-28(24-3-1-2-10-30-24)33-22-7-4-20(5-8-22)21-6-9-23-25(17-21)34-27(19-32-23)36-15-13-35(14-16-36)26-18-29-11-12-31-26/h1-12,17-19H,13-16H2,(H,33,37). The zero-order valence-electron chi connectivity index (χ0n) is 20.0. The van der Waals surface area contributed by atoms with Crippen LogP contribution in [0, 0.1) is 0 Å². The molecule has 0 aliphatic carbocycles. The summed E-state index contributed by atoms with van der Waals surface area (Å²) in [6, 6.07) is 19.1. The van der Waals surface area contributed by atoms with Crippen molar-refractivity contribution >= 4 is 34.3 Å². The van der Waals surface area contributed by atoms with Crippen LogP contribution in [0.3, 0.4) is 0 Å². The van der Waals surface area contributed by atoms with Gasteiger partial charge in [-0.3, -0.25) is 19.7 Å². The Labute approximate surface area is 213 Å². The molecule has 1 saturated heterocycles. The third kappa shape index (κ3) is 4.92. The van der Waals surface area contributed by atoms with Gasteiger partial charge in [0.15, 0.2) is 0 Å². The second kappa shape index (κ2) is 9.98. The minimum Gasteiger partial charge on any atom is -0.352 e. The molecule has 3 aromatic heterocycles. The molecule has 1 aliphatic rings. The number of carbonyl (C=O) groups is 1. The number of nitrogens with one attached hydrogen (secondary N) is 1. The Morgan fingerprint density at radius 1 is 0.703 bits per heavy atom. The van der Waals surface area contributed by atoms with Crippen molar-refractivity contribution in [2.75, 3.05) is 41.3 Å². The monoisotopic (exact) mass is 488 g/mol. The topological polar surface area (TPSA) is 100 Å². The quantitative estimate of drug-likeness (QED) is 0.395. The van der Waals surface area contributed by atoms with E-state index in [1.54, 1.807) is 43.0 Å². The number of pyridine rings is 1. The number of hydrogen-bond acceptors (Lipinski definition) is 8. The van der Waals surface area contributed by atoms with Crippen LogP contribution in [-0.2, 0) is 0 Å². The van der Waals surface area contributed by atoms with E-state index in [0.717, 1.165) is 60.0 Å². The van der Waals surface area contributed by atoms with Crippen LogP contribution in [0.2, 0.25) is 0 Å². The number of hydrogen-bond donors (Lipinski definition) is 1. The van der Waals surface area contributed by atoms with Crippen molar-refractivity contribution < 1.29 is 4.79 Å².